The summed E-state index contributed by atoms with van der Waals surface area (Å²) in [6.07, 6.45) is 8.11. The number of ether oxygens (including phenoxy) is 2. The molecule has 1 N–H and O–H groups in total. The van der Waals surface area contributed by atoms with Gasteiger partial charge in [-0.25, -0.2) is 0 Å². The fourth-order valence-corrected chi connectivity index (χ4v) is 7.24. The van der Waals surface area contributed by atoms with Gasteiger partial charge < -0.3 is 29.3 Å². The summed E-state index contributed by atoms with van der Waals surface area (Å²) in [5.41, 5.74) is -1.21. The smallest absolute Gasteiger partial charge is 0.253 e. The summed E-state index contributed by atoms with van der Waals surface area (Å²) in [4.78, 5) is 47.8. The lowest BCUT2D eigenvalue weighted by Gasteiger charge is -2.37. The number of anilines is 1. The molecule has 3 amide bonds. The highest BCUT2D eigenvalue weighted by Crippen LogP contribution is 2.64. The molecule has 3 fully saturated rings. The fraction of sp³-hybridized carbons (Fsp3) is 0.594. The number of carbonyl (C=O) groups is 3. The fourth-order valence-electron chi connectivity index (χ4n) is 7.24. The van der Waals surface area contributed by atoms with Gasteiger partial charge in [0.05, 0.1) is 24.5 Å². The Morgan fingerprint density at radius 1 is 1.10 bits per heavy atom. The van der Waals surface area contributed by atoms with Crippen LogP contribution in [0.5, 0.6) is 5.75 Å². The van der Waals surface area contributed by atoms with Crippen LogP contribution in [0.4, 0.5) is 5.69 Å². The molecule has 0 aromatic heterocycles. The number of hydrogen-bond acceptors (Lipinski definition) is 6. The summed E-state index contributed by atoms with van der Waals surface area (Å²) in [5.74, 6) is -1.28. The zero-order valence-electron chi connectivity index (χ0n) is 24.7. The number of fused-ring (bicyclic) bond motifs is 1. The van der Waals surface area contributed by atoms with Crippen LogP contribution in [0.1, 0.15) is 51.9 Å². The number of hydrogen-bond donors (Lipinski definition) is 1. The molecular formula is C32H45N3O6. The number of unbranched alkanes of at least 4 members (excludes halogenated alkanes) is 3. The van der Waals surface area contributed by atoms with Crippen molar-refractivity contribution >= 4 is 23.4 Å². The van der Waals surface area contributed by atoms with E-state index in [1.807, 2.05) is 19.1 Å². The number of aliphatic hydroxyl groups is 1. The van der Waals surface area contributed by atoms with Crippen LogP contribution in [0.15, 0.2) is 49.6 Å². The van der Waals surface area contributed by atoms with Gasteiger partial charge in [0, 0.05) is 39.0 Å². The predicted octanol–water partition coefficient (Wildman–Crippen LogP) is 3.57. The molecule has 3 heterocycles. The van der Waals surface area contributed by atoms with E-state index in [-0.39, 0.29) is 30.9 Å². The van der Waals surface area contributed by atoms with Crippen molar-refractivity contribution in [1.29, 1.82) is 0 Å². The quantitative estimate of drug-likeness (QED) is 0.257. The van der Waals surface area contributed by atoms with Gasteiger partial charge >= 0.3 is 0 Å². The molecule has 1 spiro atoms. The number of rotatable bonds is 15. The van der Waals surface area contributed by atoms with E-state index in [0.29, 0.717) is 56.6 Å². The van der Waals surface area contributed by atoms with Crippen molar-refractivity contribution in [3.63, 3.8) is 0 Å². The topological polar surface area (TPSA) is 99.6 Å². The van der Waals surface area contributed by atoms with Crippen molar-refractivity contribution < 1.29 is 29.0 Å². The van der Waals surface area contributed by atoms with E-state index >= 15 is 0 Å². The Morgan fingerprint density at radius 2 is 1.78 bits per heavy atom. The number of benzene rings is 1. The summed E-state index contributed by atoms with van der Waals surface area (Å²) >= 11 is 0. The molecule has 9 nitrogen and oxygen atoms in total. The lowest BCUT2D eigenvalue weighted by Crippen LogP contribution is -2.56. The van der Waals surface area contributed by atoms with E-state index in [1.165, 1.54) is 0 Å². The molecule has 224 valence electrons. The van der Waals surface area contributed by atoms with Crippen molar-refractivity contribution in [2.45, 2.75) is 69.1 Å². The molecule has 3 aliphatic heterocycles. The number of nitrogens with zero attached hydrogens (tertiary/aromatic N) is 3. The van der Waals surface area contributed by atoms with Crippen LogP contribution in [-0.2, 0) is 19.1 Å². The Hall–Kier alpha value is -3.17. The van der Waals surface area contributed by atoms with E-state index in [1.54, 1.807) is 53.1 Å². The van der Waals surface area contributed by atoms with Gasteiger partial charge in [-0.15, -0.1) is 13.2 Å². The van der Waals surface area contributed by atoms with Gasteiger partial charge in [0.2, 0.25) is 11.8 Å². The van der Waals surface area contributed by atoms with Gasteiger partial charge in [-0.05, 0) is 56.4 Å². The summed E-state index contributed by atoms with van der Waals surface area (Å²) in [6.45, 7) is 10.8. The van der Waals surface area contributed by atoms with Crippen molar-refractivity contribution in [2.24, 2.45) is 11.8 Å². The van der Waals surface area contributed by atoms with Crippen molar-refractivity contribution in [3.05, 3.63) is 49.6 Å². The highest BCUT2D eigenvalue weighted by Gasteiger charge is 2.78. The molecule has 9 heteroatoms. The summed E-state index contributed by atoms with van der Waals surface area (Å²) in [6, 6.07) is 6.37. The third-order valence-electron chi connectivity index (χ3n) is 9.23. The predicted molar refractivity (Wildman–Crippen MR) is 157 cm³/mol. The number of methoxy groups -OCH3 is 1. The average Bonchev–Trinajstić information content (AvgIpc) is 3.59. The standard InChI is InChI=1S/C32H45N3O6/c1-6-19-33(4)28(37)25-26-29(38)35(21-11-9-10-12-22-36)27(32(26)18-17-31(25,8-3)41-32)30(39)34(20-7-2)23-13-15-24(40-5)16-14-23/h6-7,13-16,25-27,36H,1-2,8-12,17-22H2,3-5H3/t25-,26-,27?,31+,32?/m0/s1. The minimum atomic E-state index is -1.09. The lowest BCUT2D eigenvalue weighted by atomic mass is 9.64. The first-order valence-corrected chi connectivity index (χ1v) is 14.8. The highest BCUT2D eigenvalue weighted by atomic mass is 16.5. The second-order valence-corrected chi connectivity index (χ2v) is 11.4. The number of likely N-dealkylation sites (tertiary alicyclic amines) is 1. The van der Waals surface area contributed by atoms with Crippen LogP contribution in [0.25, 0.3) is 0 Å². The first-order chi connectivity index (χ1) is 19.7. The molecule has 3 saturated heterocycles. The molecule has 1 aromatic rings. The van der Waals surface area contributed by atoms with Gasteiger partial charge in [0.25, 0.3) is 5.91 Å². The van der Waals surface area contributed by atoms with E-state index in [9.17, 15) is 19.5 Å². The maximum atomic E-state index is 14.6. The van der Waals surface area contributed by atoms with E-state index in [2.05, 4.69) is 13.2 Å². The number of carbonyl (C=O) groups excluding carboxylic acids is 3. The number of amides is 3. The van der Waals surface area contributed by atoms with E-state index < -0.39 is 29.1 Å². The highest BCUT2D eigenvalue weighted by molar-refractivity contribution is 6.05. The van der Waals surface area contributed by atoms with Crippen LogP contribution in [0, 0.1) is 11.8 Å². The second-order valence-electron chi connectivity index (χ2n) is 11.4. The lowest BCUT2D eigenvalue weighted by molar-refractivity contribution is -0.150. The van der Waals surface area contributed by atoms with E-state index in [0.717, 1.165) is 12.8 Å². The third-order valence-corrected chi connectivity index (χ3v) is 9.23. The van der Waals surface area contributed by atoms with Crippen LogP contribution in [0.2, 0.25) is 0 Å². The monoisotopic (exact) mass is 567 g/mol. The maximum absolute atomic E-state index is 14.6. The molecule has 0 radical (unpaired) electrons. The summed E-state index contributed by atoms with van der Waals surface area (Å²) < 4.78 is 12.2. The van der Waals surface area contributed by atoms with Crippen LogP contribution in [0.3, 0.4) is 0 Å². The normalized spacial score (nSPS) is 28.0. The minimum absolute atomic E-state index is 0.127. The summed E-state index contributed by atoms with van der Waals surface area (Å²) in [5, 5.41) is 9.19. The Labute approximate surface area is 243 Å². The molecule has 2 bridgehead atoms. The van der Waals surface area contributed by atoms with Gasteiger partial charge in [-0.1, -0.05) is 31.9 Å². The third kappa shape index (κ3) is 5.30. The molecule has 5 atom stereocenters. The van der Waals surface area contributed by atoms with Gasteiger partial charge in [-0.2, -0.15) is 0 Å². The first kappa shape index (κ1) is 30.8. The zero-order valence-corrected chi connectivity index (χ0v) is 24.7. The number of likely N-dealkylation sites (N-methyl/N-ethyl adjacent to an activating group) is 1. The van der Waals surface area contributed by atoms with Crippen molar-refractivity contribution in [3.8, 4) is 5.75 Å². The Morgan fingerprint density at radius 3 is 2.39 bits per heavy atom. The first-order valence-electron chi connectivity index (χ1n) is 14.8. The zero-order chi connectivity index (χ0) is 29.8. The molecule has 3 aliphatic rings. The molecule has 2 unspecified atom stereocenters. The Balaban J connectivity index is 1.76. The summed E-state index contributed by atoms with van der Waals surface area (Å²) in [7, 11) is 3.31. The van der Waals surface area contributed by atoms with E-state index in [4.69, 9.17) is 9.47 Å². The molecule has 0 saturated carbocycles. The molecule has 1 aromatic carbocycles. The SMILES string of the molecule is C=CCN(C)C(=O)[C@@H]1[C@H]2C(=O)N(CCCCCCO)C(C(=O)N(CC=C)c3ccc(OC)cc3)C23CC[C@@]1(CC)O3. The Bertz CT molecular complexity index is 1140. The maximum Gasteiger partial charge on any atom is 0.253 e. The van der Waals surface area contributed by atoms with Gasteiger partial charge in [0.1, 0.15) is 17.4 Å². The van der Waals surface area contributed by atoms with Gasteiger partial charge in [-0.3, -0.25) is 14.4 Å². The van der Waals surface area contributed by atoms with Crippen molar-refractivity contribution in [2.75, 3.05) is 45.3 Å². The molecular weight excluding hydrogens is 522 g/mol. The molecule has 0 aliphatic carbocycles. The van der Waals surface area contributed by atoms with Crippen LogP contribution >= 0.6 is 0 Å². The van der Waals surface area contributed by atoms with Crippen LogP contribution in [-0.4, -0.2) is 90.3 Å². The molecule has 4 rings (SSSR count). The van der Waals surface area contributed by atoms with Gasteiger partial charge in [0.15, 0.2) is 0 Å². The van der Waals surface area contributed by atoms with Crippen LogP contribution < -0.4 is 9.64 Å². The minimum Gasteiger partial charge on any atom is -0.497 e. The van der Waals surface area contributed by atoms with Crippen molar-refractivity contribution in [1.82, 2.24) is 9.80 Å². The number of aliphatic hydroxyl groups excluding tert-OH is 1. The second kappa shape index (κ2) is 12.8. The average molecular weight is 568 g/mol. The molecule has 41 heavy (non-hydrogen) atoms. The largest absolute Gasteiger partial charge is 0.497 e. The Kier molecular flexibility index (Phi) is 9.59.